The minimum absolute atomic E-state index is 0.268. The van der Waals surface area contributed by atoms with E-state index < -0.39 is 10.0 Å². The summed E-state index contributed by atoms with van der Waals surface area (Å²) in [7, 11) is -3.10. The number of unbranched alkanes of at least 4 members (excludes halogenated alkanes) is 1. The minimum atomic E-state index is -3.10. The fourth-order valence-corrected chi connectivity index (χ4v) is 5.97. The van der Waals surface area contributed by atoms with Crippen LogP contribution >= 0.6 is 0 Å². The van der Waals surface area contributed by atoms with Gasteiger partial charge < -0.3 is 15.2 Å². The lowest BCUT2D eigenvalue weighted by atomic mass is 10.3. The molecule has 2 aliphatic rings. The van der Waals surface area contributed by atoms with Crippen LogP contribution in [0.15, 0.2) is 6.07 Å². The Morgan fingerprint density at radius 1 is 1.10 bits per heavy atom. The maximum atomic E-state index is 12.4. The zero-order valence-corrected chi connectivity index (χ0v) is 19.5. The molecule has 2 fully saturated rings. The van der Waals surface area contributed by atoms with Crippen molar-refractivity contribution in [3.8, 4) is 0 Å². The Morgan fingerprint density at radius 3 is 2.55 bits per heavy atom. The molecule has 2 N–H and O–H groups in total. The number of hydrogen-bond acceptors (Lipinski definition) is 7. The quantitative estimate of drug-likeness (QED) is 0.604. The Kier molecular flexibility index (Phi) is 6.98. The van der Waals surface area contributed by atoms with Gasteiger partial charge in [-0.1, -0.05) is 13.3 Å². The number of anilines is 2. The van der Waals surface area contributed by atoms with E-state index in [4.69, 9.17) is 9.97 Å². The Hall–Kier alpha value is -1.91. The van der Waals surface area contributed by atoms with Gasteiger partial charge in [-0.3, -0.25) is 4.90 Å². The molecule has 0 unspecified atom stereocenters. The van der Waals surface area contributed by atoms with E-state index >= 15 is 0 Å². The first-order valence-electron chi connectivity index (χ1n) is 11.5. The highest BCUT2D eigenvalue weighted by molar-refractivity contribution is 7.89. The summed E-state index contributed by atoms with van der Waals surface area (Å²) in [5.41, 5.74) is 1.95. The molecule has 9 nitrogen and oxygen atoms in total. The third-order valence-corrected chi connectivity index (χ3v) is 8.16. The Bertz CT molecular complexity index is 977. The molecule has 4 rings (SSSR count). The highest BCUT2D eigenvalue weighted by atomic mass is 32.2. The third kappa shape index (κ3) is 5.30. The van der Waals surface area contributed by atoms with Gasteiger partial charge in [0.2, 0.25) is 16.0 Å². The first-order chi connectivity index (χ1) is 15.0. The summed E-state index contributed by atoms with van der Waals surface area (Å²) < 4.78 is 26.4. The lowest BCUT2D eigenvalue weighted by molar-refractivity contribution is 0.194. The van der Waals surface area contributed by atoms with E-state index in [1.165, 1.54) is 12.8 Å². The van der Waals surface area contributed by atoms with Crippen LogP contribution in [0.2, 0.25) is 0 Å². The number of aromatic amines is 1. The number of rotatable bonds is 9. The monoisotopic (exact) mass is 449 g/mol. The Morgan fingerprint density at radius 2 is 1.84 bits per heavy atom. The maximum absolute atomic E-state index is 12.4. The summed E-state index contributed by atoms with van der Waals surface area (Å²) in [6.07, 6.45) is 4.02. The Balaban J connectivity index is 1.34. The van der Waals surface area contributed by atoms with Crippen LogP contribution in [0.3, 0.4) is 0 Å². The molecule has 2 aromatic rings. The molecule has 10 heteroatoms. The van der Waals surface area contributed by atoms with Crippen molar-refractivity contribution in [2.75, 3.05) is 68.3 Å². The number of sulfonamides is 1. The third-order valence-electron chi connectivity index (χ3n) is 6.20. The van der Waals surface area contributed by atoms with Crippen molar-refractivity contribution in [1.29, 1.82) is 0 Å². The molecule has 4 heterocycles. The first-order valence-corrected chi connectivity index (χ1v) is 13.1. The predicted octanol–water partition coefficient (Wildman–Crippen LogP) is 2.03. The van der Waals surface area contributed by atoms with Crippen molar-refractivity contribution in [3.63, 3.8) is 0 Å². The van der Waals surface area contributed by atoms with E-state index in [9.17, 15) is 8.42 Å². The predicted molar refractivity (Wildman–Crippen MR) is 125 cm³/mol. The standard InChI is InChI=1S/C21H35N7O2S/c1-3-4-15-31(29,30)28-13-11-26(12-14-28)10-7-22-19-18-16-17(2)23-20(18)25-21(24-19)27-8-5-6-9-27/h16H,3-15H2,1-2H3,(H2,22,23,24,25). The van der Waals surface area contributed by atoms with Crippen molar-refractivity contribution < 1.29 is 8.42 Å². The van der Waals surface area contributed by atoms with E-state index in [2.05, 4.69) is 26.2 Å². The van der Waals surface area contributed by atoms with Crippen LogP contribution in [0.25, 0.3) is 11.0 Å². The molecule has 2 aromatic heterocycles. The van der Waals surface area contributed by atoms with Gasteiger partial charge in [0.25, 0.3) is 0 Å². The fourth-order valence-electron chi connectivity index (χ4n) is 4.34. The highest BCUT2D eigenvalue weighted by Gasteiger charge is 2.26. The molecule has 0 aliphatic carbocycles. The summed E-state index contributed by atoms with van der Waals surface area (Å²) in [5, 5.41) is 4.53. The van der Waals surface area contributed by atoms with Crippen LogP contribution in [0.5, 0.6) is 0 Å². The number of hydrogen-bond donors (Lipinski definition) is 2. The van der Waals surface area contributed by atoms with E-state index in [0.29, 0.717) is 13.1 Å². The van der Waals surface area contributed by atoms with Crippen LogP contribution < -0.4 is 10.2 Å². The number of H-pyrrole nitrogens is 1. The van der Waals surface area contributed by atoms with E-state index in [1.807, 2.05) is 13.8 Å². The summed E-state index contributed by atoms with van der Waals surface area (Å²) in [4.78, 5) is 17.5. The molecular weight excluding hydrogens is 414 g/mol. The fraction of sp³-hybridized carbons (Fsp3) is 0.714. The molecule has 172 valence electrons. The van der Waals surface area contributed by atoms with E-state index in [0.717, 1.165) is 80.6 Å². The number of aryl methyl sites for hydroxylation is 1. The van der Waals surface area contributed by atoms with Crippen molar-refractivity contribution in [2.45, 2.75) is 39.5 Å². The highest BCUT2D eigenvalue weighted by Crippen LogP contribution is 2.26. The first kappa shape index (κ1) is 22.3. The van der Waals surface area contributed by atoms with Gasteiger partial charge in [0.15, 0.2) is 0 Å². The molecule has 0 atom stereocenters. The number of piperazine rings is 1. The topological polar surface area (TPSA) is 97.5 Å². The zero-order chi connectivity index (χ0) is 21.8. The molecule has 0 amide bonds. The number of nitrogens with one attached hydrogen (secondary N) is 2. The second-order valence-corrected chi connectivity index (χ2v) is 10.7. The van der Waals surface area contributed by atoms with Crippen LogP contribution in [0, 0.1) is 6.92 Å². The molecule has 2 saturated heterocycles. The number of nitrogens with zero attached hydrogens (tertiary/aromatic N) is 5. The molecular formula is C21H35N7O2S. The van der Waals surface area contributed by atoms with Gasteiger partial charge in [-0.2, -0.15) is 14.3 Å². The number of fused-ring (bicyclic) bond motifs is 1. The molecule has 31 heavy (non-hydrogen) atoms. The zero-order valence-electron chi connectivity index (χ0n) is 18.7. The smallest absolute Gasteiger partial charge is 0.229 e. The van der Waals surface area contributed by atoms with Crippen LogP contribution in [0.1, 0.15) is 38.3 Å². The average Bonchev–Trinajstić information content (AvgIpc) is 3.42. The van der Waals surface area contributed by atoms with E-state index in [-0.39, 0.29) is 5.75 Å². The lowest BCUT2D eigenvalue weighted by Crippen LogP contribution is -2.50. The second-order valence-electron chi connectivity index (χ2n) is 8.62. The summed E-state index contributed by atoms with van der Waals surface area (Å²) in [5.74, 6) is 1.93. The van der Waals surface area contributed by atoms with Crippen molar-refractivity contribution in [2.24, 2.45) is 0 Å². The van der Waals surface area contributed by atoms with Crippen molar-refractivity contribution in [3.05, 3.63) is 11.8 Å². The second kappa shape index (κ2) is 9.70. The van der Waals surface area contributed by atoms with Gasteiger partial charge in [-0.25, -0.2) is 8.42 Å². The lowest BCUT2D eigenvalue weighted by Gasteiger charge is -2.34. The molecule has 0 saturated carbocycles. The molecule has 0 bridgehead atoms. The average molecular weight is 450 g/mol. The largest absolute Gasteiger partial charge is 0.368 e. The van der Waals surface area contributed by atoms with Crippen molar-refractivity contribution in [1.82, 2.24) is 24.2 Å². The summed E-state index contributed by atoms with van der Waals surface area (Å²) in [6.45, 7) is 10.4. The van der Waals surface area contributed by atoms with Crippen LogP contribution in [0.4, 0.5) is 11.8 Å². The van der Waals surface area contributed by atoms with Gasteiger partial charge in [0.05, 0.1) is 11.1 Å². The van der Waals surface area contributed by atoms with Gasteiger partial charge in [0, 0.05) is 58.1 Å². The van der Waals surface area contributed by atoms with Gasteiger partial charge >= 0.3 is 0 Å². The molecule has 0 radical (unpaired) electrons. The van der Waals surface area contributed by atoms with Gasteiger partial charge in [-0.05, 0) is 32.3 Å². The van der Waals surface area contributed by atoms with Crippen molar-refractivity contribution >= 4 is 32.8 Å². The van der Waals surface area contributed by atoms with Crippen LogP contribution in [-0.2, 0) is 10.0 Å². The molecule has 2 aliphatic heterocycles. The summed E-state index contributed by atoms with van der Waals surface area (Å²) in [6, 6.07) is 2.09. The normalized spacial score (nSPS) is 18.8. The maximum Gasteiger partial charge on any atom is 0.229 e. The number of aromatic nitrogens is 3. The summed E-state index contributed by atoms with van der Waals surface area (Å²) >= 11 is 0. The minimum Gasteiger partial charge on any atom is -0.368 e. The van der Waals surface area contributed by atoms with Gasteiger partial charge in [-0.15, -0.1) is 0 Å². The van der Waals surface area contributed by atoms with Gasteiger partial charge in [0.1, 0.15) is 11.5 Å². The van der Waals surface area contributed by atoms with Crippen LogP contribution in [-0.4, -0.2) is 90.7 Å². The Labute approximate surface area is 185 Å². The van der Waals surface area contributed by atoms with E-state index in [1.54, 1.807) is 4.31 Å². The molecule has 0 aromatic carbocycles. The SMILES string of the molecule is CCCCS(=O)(=O)N1CCN(CCNc2nc(N3CCCC3)nc3[nH]c(C)cc23)CC1. The molecule has 0 spiro atoms.